The Hall–Kier alpha value is -3.26. The zero-order valence-corrected chi connectivity index (χ0v) is 28.5. The zero-order chi connectivity index (χ0) is 33.0. The van der Waals surface area contributed by atoms with Crippen molar-refractivity contribution < 1.29 is 24.2 Å². The molecule has 0 aliphatic carbocycles. The molecule has 0 aliphatic heterocycles. The van der Waals surface area contributed by atoms with Crippen LogP contribution < -0.4 is 10.6 Å². The Balaban J connectivity index is 2.61. The molecule has 244 valence electrons. The number of aromatic hydroxyl groups is 1. The average Bonchev–Trinajstić information content (AvgIpc) is 2.95. The summed E-state index contributed by atoms with van der Waals surface area (Å²) in [7, 11) is 0. The Morgan fingerprint density at radius 3 is 2.23 bits per heavy atom. The maximum atomic E-state index is 14.6. The molecule has 0 fully saturated rings. The number of anilines is 1. The van der Waals surface area contributed by atoms with Crippen LogP contribution in [0.4, 0.5) is 10.5 Å². The first-order valence-electron chi connectivity index (χ1n) is 15.9. The van der Waals surface area contributed by atoms with Gasteiger partial charge in [0, 0.05) is 6.54 Å². The van der Waals surface area contributed by atoms with Gasteiger partial charge in [-0.3, -0.25) is 9.59 Å². The molecular formula is C35H52ClN3O5. The molecule has 0 saturated carbocycles. The fourth-order valence-corrected chi connectivity index (χ4v) is 5.30. The van der Waals surface area contributed by atoms with Crippen molar-refractivity contribution in [3.05, 3.63) is 58.1 Å². The van der Waals surface area contributed by atoms with Crippen LogP contribution in [0.2, 0.25) is 5.02 Å². The molecule has 0 saturated heterocycles. The Morgan fingerprint density at radius 1 is 0.977 bits per heavy atom. The zero-order valence-electron chi connectivity index (χ0n) is 27.8. The third kappa shape index (κ3) is 11.0. The van der Waals surface area contributed by atoms with E-state index in [9.17, 15) is 19.5 Å². The van der Waals surface area contributed by atoms with E-state index in [-0.39, 0.29) is 17.6 Å². The molecule has 2 aromatic carbocycles. The second kappa shape index (κ2) is 17.3. The van der Waals surface area contributed by atoms with Crippen molar-refractivity contribution in [1.82, 2.24) is 10.2 Å². The minimum absolute atomic E-state index is 0.0905. The number of ether oxygens (including phenoxy) is 1. The molecule has 44 heavy (non-hydrogen) atoms. The molecule has 9 heteroatoms. The number of phenolic OH excluding ortho intramolecular Hbond substituents is 1. The number of amides is 3. The van der Waals surface area contributed by atoms with E-state index in [0.29, 0.717) is 41.2 Å². The van der Waals surface area contributed by atoms with Crippen LogP contribution in [0.5, 0.6) is 5.75 Å². The van der Waals surface area contributed by atoms with E-state index >= 15 is 0 Å². The van der Waals surface area contributed by atoms with Crippen LogP contribution in [0, 0.1) is 19.8 Å². The van der Waals surface area contributed by atoms with Gasteiger partial charge in [0.2, 0.25) is 5.91 Å². The summed E-state index contributed by atoms with van der Waals surface area (Å²) in [5.74, 6) is -0.961. The quantitative estimate of drug-likeness (QED) is 0.171. The Kier molecular flexibility index (Phi) is 14.5. The molecule has 0 bridgehead atoms. The number of nitrogens with zero attached hydrogens (tertiary/aromatic N) is 1. The van der Waals surface area contributed by atoms with Gasteiger partial charge in [-0.05, 0) is 81.8 Å². The maximum absolute atomic E-state index is 14.6. The molecule has 3 unspecified atom stereocenters. The smallest absolute Gasteiger partial charge is 0.408 e. The first-order chi connectivity index (χ1) is 20.7. The molecule has 2 rings (SSSR count). The molecule has 0 heterocycles. The summed E-state index contributed by atoms with van der Waals surface area (Å²) < 4.78 is 5.51. The second-order valence-corrected chi connectivity index (χ2v) is 13.1. The number of phenols is 1. The first-order valence-corrected chi connectivity index (χ1v) is 16.2. The van der Waals surface area contributed by atoms with E-state index in [0.717, 1.165) is 37.7 Å². The number of halogens is 1. The number of carbonyl (C=O) groups is 3. The Labute approximate surface area is 268 Å². The molecule has 3 amide bonds. The first kappa shape index (κ1) is 36.9. The van der Waals surface area contributed by atoms with Crippen LogP contribution >= 0.6 is 11.6 Å². The number of carbonyl (C=O) groups excluding carboxylic acids is 3. The molecule has 2 aromatic rings. The molecule has 8 nitrogen and oxygen atoms in total. The lowest BCUT2D eigenvalue weighted by molar-refractivity contribution is -0.142. The number of benzene rings is 2. The van der Waals surface area contributed by atoms with Crippen molar-refractivity contribution >= 4 is 35.2 Å². The van der Waals surface area contributed by atoms with E-state index in [2.05, 4.69) is 17.6 Å². The predicted octanol–water partition coefficient (Wildman–Crippen LogP) is 8.47. The summed E-state index contributed by atoms with van der Waals surface area (Å²) in [6, 6.07) is 8.29. The number of rotatable bonds is 15. The molecule has 0 radical (unpaired) electrons. The highest BCUT2D eigenvalue weighted by Crippen LogP contribution is 2.32. The highest BCUT2D eigenvalue weighted by molar-refractivity contribution is 6.34. The minimum Gasteiger partial charge on any atom is -0.508 e. The number of alkyl carbamates (subject to hydrolysis) is 1. The molecule has 0 aliphatic rings. The van der Waals surface area contributed by atoms with Gasteiger partial charge in [-0.15, -0.1) is 0 Å². The second-order valence-electron chi connectivity index (χ2n) is 12.7. The van der Waals surface area contributed by atoms with Crippen molar-refractivity contribution in [2.75, 3.05) is 11.9 Å². The Bertz CT molecular complexity index is 1240. The van der Waals surface area contributed by atoms with Gasteiger partial charge in [-0.1, -0.05) is 89.1 Å². The summed E-state index contributed by atoms with van der Waals surface area (Å²) in [6.07, 6.45) is 5.90. The van der Waals surface area contributed by atoms with Gasteiger partial charge < -0.3 is 25.4 Å². The normalized spacial score (nSPS) is 13.5. The molecule has 0 aromatic heterocycles. The van der Waals surface area contributed by atoms with Gasteiger partial charge in [-0.2, -0.15) is 0 Å². The highest BCUT2D eigenvalue weighted by Gasteiger charge is 2.38. The fraction of sp³-hybridized carbons (Fsp3) is 0.571. The lowest BCUT2D eigenvalue weighted by Gasteiger charge is -2.36. The fourth-order valence-electron chi connectivity index (χ4n) is 5.03. The van der Waals surface area contributed by atoms with Crippen molar-refractivity contribution in [3.8, 4) is 5.75 Å². The van der Waals surface area contributed by atoms with Crippen LogP contribution in [-0.2, 0) is 14.3 Å². The van der Waals surface area contributed by atoms with E-state index in [1.807, 2.05) is 32.9 Å². The van der Waals surface area contributed by atoms with E-state index < -0.39 is 29.7 Å². The van der Waals surface area contributed by atoms with Gasteiger partial charge in [0.15, 0.2) is 0 Å². The number of hydrogen-bond donors (Lipinski definition) is 3. The summed E-state index contributed by atoms with van der Waals surface area (Å²) in [5.41, 5.74) is 1.62. The maximum Gasteiger partial charge on any atom is 0.408 e. The van der Waals surface area contributed by atoms with Gasteiger partial charge >= 0.3 is 6.09 Å². The van der Waals surface area contributed by atoms with Gasteiger partial charge in [-0.25, -0.2) is 4.79 Å². The lowest BCUT2D eigenvalue weighted by Crippen LogP contribution is -2.55. The van der Waals surface area contributed by atoms with Crippen molar-refractivity contribution in [2.45, 2.75) is 118 Å². The van der Waals surface area contributed by atoms with Crippen molar-refractivity contribution in [2.24, 2.45) is 5.92 Å². The van der Waals surface area contributed by atoms with Gasteiger partial charge in [0.25, 0.3) is 5.91 Å². The van der Waals surface area contributed by atoms with Crippen LogP contribution in [0.1, 0.15) is 109 Å². The number of unbranched alkanes of at least 4 members (excludes halogenated alkanes) is 5. The molecule has 3 atom stereocenters. The average molecular weight is 630 g/mol. The third-order valence-corrected chi connectivity index (χ3v) is 8.07. The lowest BCUT2D eigenvalue weighted by atomic mass is 9.94. The monoisotopic (exact) mass is 629 g/mol. The minimum atomic E-state index is -1.06. The SMILES string of the molecule is CCCCCCCCN(C(=O)C(NC(=O)OC(C)(C)C)C(C)CC)C(C(=O)Nc1c(C)cccc1Cl)c1ccc(O)c(C)c1. The standard InChI is InChI=1S/C35H52ClN3O5/c1-9-11-12-13-14-15-21-39(33(42)30(23(3)10-2)38-34(43)44-35(6,7)8)31(26-19-20-28(40)25(5)22-26)32(41)37-29-24(4)17-16-18-27(29)36/h16-20,22-23,30-31,40H,9-15,21H2,1-8H3,(H,37,41)(H,38,43). The third-order valence-electron chi connectivity index (χ3n) is 7.75. The van der Waals surface area contributed by atoms with Crippen LogP contribution in [0.25, 0.3) is 0 Å². The largest absolute Gasteiger partial charge is 0.508 e. The van der Waals surface area contributed by atoms with Gasteiger partial charge in [0.05, 0.1) is 10.7 Å². The van der Waals surface area contributed by atoms with Crippen LogP contribution in [-0.4, -0.2) is 46.1 Å². The van der Waals surface area contributed by atoms with E-state index in [1.165, 1.54) is 6.07 Å². The van der Waals surface area contributed by atoms with E-state index in [4.69, 9.17) is 16.3 Å². The van der Waals surface area contributed by atoms with Gasteiger partial charge in [0.1, 0.15) is 23.4 Å². The molecular weight excluding hydrogens is 578 g/mol. The summed E-state index contributed by atoms with van der Waals surface area (Å²) in [6.45, 7) is 15.2. The molecule has 0 spiro atoms. The number of para-hydroxylation sites is 1. The topological polar surface area (TPSA) is 108 Å². The summed E-state index contributed by atoms with van der Waals surface area (Å²) in [5, 5.41) is 16.5. The summed E-state index contributed by atoms with van der Waals surface area (Å²) >= 11 is 6.49. The number of aryl methyl sites for hydroxylation is 2. The summed E-state index contributed by atoms with van der Waals surface area (Å²) in [4.78, 5) is 43.3. The predicted molar refractivity (Wildman–Crippen MR) is 178 cm³/mol. The van der Waals surface area contributed by atoms with Crippen molar-refractivity contribution in [1.29, 1.82) is 0 Å². The number of hydrogen-bond acceptors (Lipinski definition) is 5. The number of nitrogens with one attached hydrogen (secondary N) is 2. The molecule has 3 N–H and O–H groups in total. The van der Waals surface area contributed by atoms with E-state index in [1.54, 1.807) is 50.8 Å². The Morgan fingerprint density at radius 2 is 1.64 bits per heavy atom. The van der Waals surface area contributed by atoms with Crippen molar-refractivity contribution in [3.63, 3.8) is 0 Å². The van der Waals surface area contributed by atoms with Crippen LogP contribution in [0.3, 0.4) is 0 Å². The van der Waals surface area contributed by atoms with Crippen LogP contribution in [0.15, 0.2) is 36.4 Å². The highest BCUT2D eigenvalue weighted by atomic mass is 35.5.